The molecule has 0 amide bonds. The van der Waals surface area contributed by atoms with Gasteiger partial charge < -0.3 is 5.11 Å². The molecule has 0 bridgehead atoms. The topological polar surface area (TPSA) is 72.2 Å². The Balaban J connectivity index is 2.25. The molecule has 0 aliphatic heterocycles. The molecule has 0 aliphatic rings. The maximum atomic E-state index is 12.9. The van der Waals surface area contributed by atoms with Crippen LogP contribution in [0.25, 0.3) is 10.9 Å². The van der Waals surface area contributed by atoms with Crippen LogP contribution in [0.4, 0.5) is 0 Å². The lowest BCUT2D eigenvalue weighted by atomic mass is 10.1. The van der Waals surface area contributed by atoms with Crippen LogP contribution in [-0.4, -0.2) is 26.8 Å². The molecule has 3 aromatic rings. The molecule has 1 heterocycles. The Bertz CT molecular complexity index is 945. The van der Waals surface area contributed by atoms with Gasteiger partial charge in [-0.2, -0.15) is 9.78 Å². The molecule has 3 rings (SSSR count). The van der Waals surface area contributed by atoms with Crippen molar-refractivity contribution in [2.45, 2.75) is 6.92 Å². The van der Waals surface area contributed by atoms with Crippen molar-refractivity contribution < 1.29 is 14.7 Å². The summed E-state index contributed by atoms with van der Waals surface area (Å²) in [5.74, 6) is -1.44. The molecule has 0 fully saturated rings. The number of carboxylic acids is 1. The molecule has 0 radical (unpaired) electrons. The number of aromatic nitrogens is 2. The zero-order valence-corrected chi connectivity index (χ0v) is 14.8. The fraction of sp³-hybridized carbons (Fsp3) is 0.0625. The van der Waals surface area contributed by atoms with Crippen LogP contribution in [0.5, 0.6) is 0 Å². The number of halogens is 2. The zero-order valence-electron chi connectivity index (χ0n) is 11.9. The Morgan fingerprint density at radius 1 is 1.26 bits per heavy atom. The van der Waals surface area contributed by atoms with Crippen molar-refractivity contribution in [2.75, 3.05) is 0 Å². The summed E-state index contributed by atoms with van der Waals surface area (Å²) in [5.41, 5.74) is 1.63. The van der Waals surface area contributed by atoms with Crippen LogP contribution in [0.1, 0.15) is 26.3 Å². The van der Waals surface area contributed by atoms with Crippen molar-refractivity contribution >= 4 is 57.0 Å². The number of rotatable bonds is 2. The zero-order chi connectivity index (χ0) is 16.7. The Morgan fingerprint density at radius 3 is 2.65 bits per heavy atom. The largest absolute Gasteiger partial charge is 0.478 e. The molecule has 0 spiro atoms. The number of aryl methyl sites for hydroxylation is 1. The second-order valence-corrected chi connectivity index (χ2v) is 6.41. The highest BCUT2D eigenvalue weighted by Crippen LogP contribution is 2.26. The number of hydrogen-bond acceptors (Lipinski definition) is 3. The van der Waals surface area contributed by atoms with Gasteiger partial charge in [-0.1, -0.05) is 23.7 Å². The van der Waals surface area contributed by atoms with Gasteiger partial charge >= 0.3 is 5.97 Å². The lowest BCUT2D eigenvalue weighted by Crippen LogP contribution is -2.16. The summed E-state index contributed by atoms with van der Waals surface area (Å²) in [4.78, 5) is 24.0. The molecule has 7 heteroatoms. The van der Waals surface area contributed by atoms with Gasteiger partial charge in [0.1, 0.15) is 3.70 Å². The summed E-state index contributed by atoms with van der Waals surface area (Å²) < 4.78 is 1.82. The number of carboxylic acid groups (broad SMARTS) is 1. The van der Waals surface area contributed by atoms with Gasteiger partial charge in [-0.3, -0.25) is 4.79 Å². The Kier molecular flexibility index (Phi) is 4.11. The van der Waals surface area contributed by atoms with E-state index in [1.165, 1.54) is 16.8 Å². The number of benzene rings is 2. The van der Waals surface area contributed by atoms with Crippen molar-refractivity contribution in [2.24, 2.45) is 0 Å². The van der Waals surface area contributed by atoms with E-state index in [-0.39, 0.29) is 11.5 Å². The number of fused-ring (bicyclic) bond motifs is 1. The van der Waals surface area contributed by atoms with Crippen molar-refractivity contribution in [3.63, 3.8) is 0 Å². The predicted octanol–water partition coefficient (Wildman–Crippen LogP) is 3.99. The average Bonchev–Trinajstić information content (AvgIpc) is 2.83. The molecule has 1 aromatic heterocycles. The van der Waals surface area contributed by atoms with Gasteiger partial charge in [-0.25, -0.2) is 4.79 Å². The molecule has 0 unspecified atom stereocenters. The summed E-state index contributed by atoms with van der Waals surface area (Å²) >= 11 is 8.17. The quantitative estimate of drug-likeness (QED) is 0.612. The van der Waals surface area contributed by atoms with E-state index >= 15 is 0 Å². The lowest BCUT2D eigenvalue weighted by molar-refractivity contribution is 0.0696. The van der Waals surface area contributed by atoms with Crippen LogP contribution in [-0.2, 0) is 0 Å². The third kappa shape index (κ3) is 2.72. The number of nitrogens with zero attached hydrogens (tertiary/aromatic N) is 2. The molecule has 2 aromatic carbocycles. The van der Waals surface area contributed by atoms with Crippen LogP contribution >= 0.6 is 34.2 Å². The molecule has 0 atom stereocenters. The van der Waals surface area contributed by atoms with Crippen molar-refractivity contribution in [3.05, 3.63) is 61.8 Å². The summed E-state index contributed by atoms with van der Waals surface area (Å²) in [5, 5.41) is 14.5. The number of hydrogen-bond donors (Lipinski definition) is 1. The fourth-order valence-electron chi connectivity index (χ4n) is 2.37. The van der Waals surface area contributed by atoms with Crippen LogP contribution in [0.15, 0.2) is 36.4 Å². The van der Waals surface area contributed by atoms with E-state index in [1.54, 1.807) is 31.2 Å². The van der Waals surface area contributed by atoms with E-state index in [1.807, 2.05) is 22.6 Å². The molecule has 0 saturated carbocycles. The molecule has 0 saturated heterocycles. The van der Waals surface area contributed by atoms with Crippen LogP contribution in [0, 0.1) is 10.6 Å². The minimum atomic E-state index is -1.06. The first kappa shape index (κ1) is 15.9. The summed E-state index contributed by atoms with van der Waals surface area (Å²) in [7, 11) is 0. The first-order valence-electron chi connectivity index (χ1n) is 6.61. The van der Waals surface area contributed by atoms with Crippen LogP contribution < -0.4 is 0 Å². The molecular formula is C16H10ClIN2O3. The fourth-order valence-corrected chi connectivity index (χ4v) is 3.35. The minimum absolute atomic E-state index is 0.0960. The van der Waals surface area contributed by atoms with Gasteiger partial charge in [0, 0.05) is 5.39 Å². The smallest absolute Gasteiger partial charge is 0.335 e. The second kappa shape index (κ2) is 5.93. The van der Waals surface area contributed by atoms with Gasteiger partial charge in [-0.05, 0) is 59.3 Å². The van der Waals surface area contributed by atoms with Crippen LogP contribution in [0.2, 0.25) is 5.02 Å². The van der Waals surface area contributed by atoms with Crippen molar-refractivity contribution in [3.8, 4) is 0 Å². The highest BCUT2D eigenvalue weighted by molar-refractivity contribution is 14.1. The van der Waals surface area contributed by atoms with Gasteiger partial charge in [0.05, 0.1) is 21.7 Å². The van der Waals surface area contributed by atoms with Crippen LogP contribution in [0.3, 0.4) is 0 Å². The number of carbonyl (C=O) groups excluding carboxylic acids is 1. The number of aromatic carboxylic acids is 1. The standard InChI is InChI=1S/C16H10ClIN2O3/c1-8-3-2-4-11(17)13(8)15(21)20-12-7-9(16(22)23)5-6-10(12)14(18)19-20/h2-7H,1H3,(H,22,23). The SMILES string of the molecule is Cc1cccc(Cl)c1C(=O)n1nc(I)c2ccc(C(=O)O)cc21. The monoisotopic (exact) mass is 440 g/mol. The van der Waals surface area contributed by atoms with E-state index in [0.29, 0.717) is 25.2 Å². The van der Waals surface area contributed by atoms with E-state index in [9.17, 15) is 9.59 Å². The Morgan fingerprint density at radius 2 is 2.00 bits per heavy atom. The van der Waals surface area contributed by atoms with E-state index in [2.05, 4.69) is 5.10 Å². The summed E-state index contributed by atoms with van der Waals surface area (Å²) in [6, 6.07) is 9.78. The highest BCUT2D eigenvalue weighted by Gasteiger charge is 2.21. The molecule has 1 N–H and O–H groups in total. The first-order valence-corrected chi connectivity index (χ1v) is 8.07. The van der Waals surface area contributed by atoms with Crippen molar-refractivity contribution in [1.82, 2.24) is 9.78 Å². The molecule has 116 valence electrons. The average molecular weight is 441 g/mol. The first-order chi connectivity index (χ1) is 10.9. The Labute approximate surface area is 150 Å². The maximum Gasteiger partial charge on any atom is 0.335 e. The highest BCUT2D eigenvalue weighted by atomic mass is 127. The minimum Gasteiger partial charge on any atom is -0.478 e. The summed E-state index contributed by atoms with van der Waals surface area (Å²) in [6.45, 7) is 1.79. The Hall–Kier alpha value is -1.93. The van der Waals surface area contributed by atoms with Gasteiger partial charge in [0.15, 0.2) is 0 Å². The van der Waals surface area contributed by atoms with Gasteiger partial charge in [0.2, 0.25) is 0 Å². The third-order valence-electron chi connectivity index (χ3n) is 3.51. The molecule has 5 nitrogen and oxygen atoms in total. The summed E-state index contributed by atoms with van der Waals surface area (Å²) in [6.07, 6.45) is 0. The normalized spacial score (nSPS) is 10.9. The molecular weight excluding hydrogens is 431 g/mol. The lowest BCUT2D eigenvalue weighted by Gasteiger charge is -2.08. The van der Waals surface area contributed by atoms with E-state index in [4.69, 9.17) is 16.7 Å². The predicted molar refractivity (Wildman–Crippen MR) is 95.3 cm³/mol. The van der Waals surface area contributed by atoms with E-state index in [0.717, 1.165) is 5.56 Å². The molecule has 0 aliphatic carbocycles. The van der Waals surface area contributed by atoms with Crippen molar-refractivity contribution in [1.29, 1.82) is 0 Å². The van der Waals surface area contributed by atoms with E-state index < -0.39 is 5.97 Å². The molecule has 23 heavy (non-hydrogen) atoms. The number of carbonyl (C=O) groups is 2. The second-order valence-electron chi connectivity index (χ2n) is 4.98. The van der Waals surface area contributed by atoms with Gasteiger partial charge in [-0.15, -0.1) is 0 Å². The third-order valence-corrected chi connectivity index (χ3v) is 4.62. The maximum absolute atomic E-state index is 12.9. The van der Waals surface area contributed by atoms with Gasteiger partial charge in [0.25, 0.3) is 5.91 Å².